The minimum atomic E-state index is 0.0467. The third-order valence-corrected chi connectivity index (χ3v) is 6.37. The van der Waals surface area contributed by atoms with Crippen molar-refractivity contribution in [2.75, 3.05) is 34.0 Å². The Morgan fingerprint density at radius 3 is 2.50 bits per heavy atom. The van der Waals surface area contributed by atoms with E-state index >= 15 is 0 Å². The van der Waals surface area contributed by atoms with Gasteiger partial charge in [-0.3, -0.25) is 4.90 Å². The molecule has 32 heavy (non-hydrogen) atoms. The van der Waals surface area contributed by atoms with Crippen molar-refractivity contribution in [3.8, 4) is 23.0 Å². The lowest BCUT2D eigenvalue weighted by Crippen LogP contribution is -2.35. The number of ether oxygens (including phenoxy) is 4. The van der Waals surface area contributed by atoms with Crippen LogP contribution in [0.25, 0.3) is 0 Å². The second kappa shape index (κ2) is 8.93. The Hall–Kier alpha value is -2.89. The molecule has 0 saturated carbocycles. The summed E-state index contributed by atoms with van der Waals surface area (Å²) < 4.78 is 22.7. The Balaban J connectivity index is 1.55. The molecule has 2 heterocycles. The molecule has 0 spiro atoms. The highest BCUT2D eigenvalue weighted by molar-refractivity contribution is 6.30. The van der Waals surface area contributed by atoms with Gasteiger partial charge in [0.2, 0.25) is 0 Å². The molecule has 5 nitrogen and oxygen atoms in total. The predicted octanol–water partition coefficient (Wildman–Crippen LogP) is 5.28. The van der Waals surface area contributed by atoms with Crippen molar-refractivity contribution in [2.24, 2.45) is 0 Å². The zero-order valence-electron chi connectivity index (χ0n) is 18.3. The van der Waals surface area contributed by atoms with Gasteiger partial charge in [-0.15, -0.1) is 0 Å². The van der Waals surface area contributed by atoms with Crippen LogP contribution in [0.4, 0.5) is 0 Å². The van der Waals surface area contributed by atoms with Gasteiger partial charge < -0.3 is 18.9 Å². The maximum Gasteiger partial charge on any atom is 0.161 e. The fourth-order valence-corrected chi connectivity index (χ4v) is 4.85. The fraction of sp³-hybridized carbons (Fsp3) is 0.308. The van der Waals surface area contributed by atoms with Gasteiger partial charge in [0.05, 0.1) is 20.3 Å². The first-order chi connectivity index (χ1) is 15.7. The third-order valence-electron chi connectivity index (χ3n) is 6.13. The highest BCUT2D eigenvalue weighted by Crippen LogP contribution is 2.42. The minimum Gasteiger partial charge on any atom is -0.493 e. The van der Waals surface area contributed by atoms with Gasteiger partial charge in [-0.1, -0.05) is 29.8 Å². The topological polar surface area (TPSA) is 40.2 Å². The summed E-state index contributed by atoms with van der Waals surface area (Å²) in [5, 5.41) is 0.731. The van der Waals surface area contributed by atoms with E-state index in [1.807, 2.05) is 18.2 Å². The van der Waals surface area contributed by atoms with E-state index in [9.17, 15) is 0 Å². The zero-order valence-corrected chi connectivity index (χ0v) is 19.0. The van der Waals surface area contributed by atoms with E-state index in [1.54, 1.807) is 14.2 Å². The summed E-state index contributed by atoms with van der Waals surface area (Å²) in [6.07, 6.45) is 0.928. The van der Waals surface area contributed by atoms with Crippen molar-refractivity contribution in [2.45, 2.75) is 19.0 Å². The van der Waals surface area contributed by atoms with Crippen LogP contribution in [0, 0.1) is 0 Å². The second-order valence-corrected chi connectivity index (χ2v) is 8.50. The molecular formula is C26H26ClNO4. The number of halogens is 1. The van der Waals surface area contributed by atoms with Crippen LogP contribution in [0.15, 0.2) is 54.6 Å². The Bertz CT molecular complexity index is 1130. The molecule has 3 aromatic carbocycles. The number of hydrogen-bond acceptors (Lipinski definition) is 5. The van der Waals surface area contributed by atoms with Crippen molar-refractivity contribution >= 4 is 11.6 Å². The second-order valence-electron chi connectivity index (χ2n) is 8.06. The van der Waals surface area contributed by atoms with Crippen molar-refractivity contribution in [1.29, 1.82) is 0 Å². The van der Waals surface area contributed by atoms with Gasteiger partial charge >= 0.3 is 0 Å². The number of rotatable bonds is 5. The Labute approximate surface area is 193 Å². The van der Waals surface area contributed by atoms with E-state index in [2.05, 4.69) is 41.3 Å². The molecule has 0 aromatic heterocycles. The molecule has 0 aliphatic carbocycles. The van der Waals surface area contributed by atoms with Crippen LogP contribution in [0.1, 0.15) is 28.3 Å². The minimum absolute atomic E-state index is 0.0467. The summed E-state index contributed by atoms with van der Waals surface area (Å²) in [6, 6.07) is 18.6. The average molecular weight is 452 g/mol. The van der Waals surface area contributed by atoms with E-state index in [0.717, 1.165) is 53.1 Å². The molecule has 166 valence electrons. The van der Waals surface area contributed by atoms with Crippen molar-refractivity contribution in [3.05, 3.63) is 81.9 Å². The van der Waals surface area contributed by atoms with Gasteiger partial charge in [0, 0.05) is 18.1 Å². The van der Waals surface area contributed by atoms with E-state index in [-0.39, 0.29) is 6.04 Å². The monoisotopic (exact) mass is 451 g/mol. The summed E-state index contributed by atoms with van der Waals surface area (Å²) in [7, 11) is 3.35. The molecule has 1 atom stereocenters. The first kappa shape index (κ1) is 21.0. The molecule has 0 amide bonds. The molecule has 0 radical (unpaired) electrons. The van der Waals surface area contributed by atoms with Crippen LogP contribution >= 0.6 is 11.6 Å². The maximum absolute atomic E-state index is 6.39. The Kier molecular flexibility index (Phi) is 5.85. The molecule has 2 aliphatic heterocycles. The summed E-state index contributed by atoms with van der Waals surface area (Å²) >= 11 is 6.39. The quantitative estimate of drug-likeness (QED) is 0.528. The van der Waals surface area contributed by atoms with Gasteiger partial charge in [-0.25, -0.2) is 0 Å². The maximum atomic E-state index is 6.39. The van der Waals surface area contributed by atoms with Crippen LogP contribution < -0.4 is 18.9 Å². The summed E-state index contributed by atoms with van der Waals surface area (Å²) in [5.74, 6) is 3.12. The van der Waals surface area contributed by atoms with E-state index in [0.29, 0.717) is 13.2 Å². The number of fused-ring (bicyclic) bond motifs is 2. The standard InChI is InChI=1S/C26H26ClNO4/c1-29-23-14-18-8-9-28(16-17-6-7-22-25(12-17)32-11-10-31-22)26(21(18)15-24(23)30-2)19-4-3-5-20(27)13-19/h3-7,12-15,26H,8-11,16H2,1-2H3/t26-/m1/s1. The molecule has 0 bridgehead atoms. The fourth-order valence-electron chi connectivity index (χ4n) is 4.66. The lowest BCUT2D eigenvalue weighted by molar-refractivity contribution is 0.170. The molecule has 6 heteroatoms. The lowest BCUT2D eigenvalue weighted by atomic mass is 9.87. The normalized spacial score (nSPS) is 17.5. The summed E-state index contributed by atoms with van der Waals surface area (Å²) in [4.78, 5) is 2.48. The summed E-state index contributed by atoms with van der Waals surface area (Å²) in [5.41, 5.74) is 4.83. The largest absolute Gasteiger partial charge is 0.493 e. The van der Waals surface area contributed by atoms with E-state index in [1.165, 1.54) is 16.7 Å². The van der Waals surface area contributed by atoms with Crippen molar-refractivity contribution in [3.63, 3.8) is 0 Å². The Morgan fingerprint density at radius 2 is 1.72 bits per heavy atom. The van der Waals surface area contributed by atoms with Gasteiger partial charge in [-0.2, -0.15) is 0 Å². The van der Waals surface area contributed by atoms with Gasteiger partial charge in [0.25, 0.3) is 0 Å². The summed E-state index contributed by atoms with van der Waals surface area (Å²) in [6.45, 7) is 2.87. The average Bonchev–Trinajstić information content (AvgIpc) is 2.83. The molecule has 0 fully saturated rings. The number of benzene rings is 3. The molecule has 0 N–H and O–H groups in total. The van der Waals surface area contributed by atoms with Crippen molar-refractivity contribution in [1.82, 2.24) is 4.90 Å². The van der Waals surface area contributed by atoms with Crippen molar-refractivity contribution < 1.29 is 18.9 Å². The molecule has 3 aromatic rings. The highest BCUT2D eigenvalue weighted by atomic mass is 35.5. The van der Waals surface area contributed by atoms with Gasteiger partial charge in [-0.05, 0) is 65.1 Å². The third kappa shape index (κ3) is 3.98. The van der Waals surface area contributed by atoms with E-state index in [4.69, 9.17) is 30.5 Å². The molecular weight excluding hydrogens is 426 g/mol. The van der Waals surface area contributed by atoms with Crippen LogP contribution in [-0.4, -0.2) is 38.9 Å². The van der Waals surface area contributed by atoms with Gasteiger partial charge in [0.1, 0.15) is 13.2 Å². The van der Waals surface area contributed by atoms with Crippen LogP contribution in [0.2, 0.25) is 5.02 Å². The zero-order chi connectivity index (χ0) is 22.1. The lowest BCUT2D eigenvalue weighted by Gasteiger charge is -2.38. The molecule has 0 unspecified atom stereocenters. The number of hydrogen-bond donors (Lipinski definition) is 0. The van der Waals surface area contributed by atoms with Crippen LogP contribution in [0.5, 0.6) is 23.0 Å². The Morgan fingerprint density at radius 1 is 0.938 bits per heavy atom. The van der Waals surface area contributed by atoms with Gasteiger partial charge in [0.15, 0.2) is 23.0 Å². The smallest absolute Gasteiger partial charge is 0.161 e. The first-order valence-corrected chi connectivity index (χ1v) is 11.2. The molecule has 2 aliphatic rings. The molecule has 5 rings (SSSR count). The van der Waals surface area contributed by atoms with Crippen LogP contribution in [-0.2, 0) is 13.0 Å². The number of nitrogens with zero attached hydrogens (tertiary/aromatic N) is 1. The molecule has 0 saturated heterocycles. The number of methoxy groups -OCH3 is 2. The van der Waals surface area contributed by atoms with E-state index < -0.39 is 0 Å². The highest BCUT2D eigenvalue weighted by Gasteiger charge is 2.31. The first-order valence-electron chi connectivity index (χ1n) is 10.8. The van der Waals surface area contributed by atoms with Crippen LogP contribution in [0.3, 0.4) is 0 Å². The predicted molar refractivity (Wildman–Crippen MR) is 124 cm³/mol. The SMILES string of the molecule is COc1cc2c(cc1OC)[C@@H](c1cccc(Cl)c1)N(Cc1ccc3c(c1)OCCO3)CC2.